The van der Waals surface area contributed by atoms with Crippen molar-refractivity contribution >= 4 is 62.6 Å². The number of amidine groups is 1. The van der Waals surface area contributed by atoms with Crippen molar-refractivity contribution in [2.75, 3.05) is 43.7 Å². The first-order valence-corrected chi connectivity index (χ1v) is 11.2. The molecule has 0 bridgehead atoms. The van der Waals surface area contributed by atoms with E-state index in [0.717, 1.165) is 28.8 Å². The summed E-state index contributed by atoms with van der Waals surface area (Å²) in [4.78, 5) is 20.7. The zero-order valence-corrected chi connectivity index (χ0v) is 19.0. The largest absolute Gasteiger partial charge is 0.465 e. The molecule has 1 fully saturated rings. The van der Waals surface area contributed by atoms with Crippen LogP contribution in [-0.2, 0) is 9.53 Å². The van der Waals surface area contributed by atoms with Crippen LogP contribution in [0, 0.1) is 5.41 Å². The summed E-state index contributed by atoms with van der Waals surface area (Å²) in [6.07, 6.45) is 0. The van der Waals surface area contributed by atoms with Gasteiger partial charge in [-0.2, -0.15) is 0 Å². The number of thioether (sulfide) groups is 2. The second-order valence-electron chi connectivity index (χ2n) is 7.18. The molecule has 8 heteroatoms. The van der Waals surface area contributed by atoms with Crippen molar-refractivity contribution in [3.05, 3.63) is 24.3 Å². The highest BCUT2D eigenvalue weighted by Crippen LogP contribution is 2.36. The number of rotatable bonds is 5. The maximum atomic E-state index is 11.7. The van der Waals surface area contributed by atoms with Crippen LogP contribution in [0.5, 0.6) is 0 Å². The van der Waals surface area contributed by atoms with Gasteiger partial charge in [-0.3, -0.25) is 4.79 Å². The number of benzene rings is 1. The van der Waals surface area contributed by atoms with Crippen molar-refractivity contribution in [1.82, 2.24) is 4.90 Å². The minimum atomic E-state index is -0.245. The van der Waals surface area contributed by atoms with Crippen molar-refractivity contribution in [2.45, 2.75) is 20.8 Å². The van der Waals surface area contributed by atoms with Gasteiger partial charge in [-0.05, 0) is 24.5 Å². The number of hydrogen-bond donors (Lipinski definition) is 0. The molecule has 0 amide bonds. The van der Waals surface area contributed by atoms with Crippen LogP contribution in [0.1, 0.15) is 20.8 Å². The Kier molecular flexibility index (Phi) is 8.00. The lowest BCUT2D eigenvalue weighted by atomic mass is 9.96. The Morgan fingerprint density at radius 3 is 2.78 bits per heavy atom. The third-order valence-corrected chi connectivity index (χ3v) is 6.74. The first kappa shape index (κ1) is 22.0. The molecule has 0 aliphatic carbocycles. The maximum Gasteiger partial charge on any atom is 0.316 e. The fourth-order valence-electron chi connectivity index (χ4n) is 2.56. The molecule has 148 valence electrons. The van der Waals surface area contributed by atoms with Gasteiger partial charge in [0.05, 0.1) is 23.7 Å². The molecule has 1 aliphatic heterocycles. The fourth-order valence-corrected chi connectivity index (χ4v) is 4.72. The summed E-state index contributed by atoms with van der Waals surface area (Å²) in [7, 11) is 4.02. The Labute approximate surface area is 175 Å². The summed E-state index contributed by atoms with van der Waals surface area (Å²) < 4.78 is 5.66. The molecule has 0 atom stereocenters. The van der Waals surface area contributed by atoms with Crippen LogP contribution in [0.3, 0.4) is 0 Å². The van der Waals surface area contributed by atoms with E-state index in [4.69, 9.17) is 21.9 Å². The van der Waals surface area contributed by atoms with Crippen molar-refractivity contribution in [3.63, 3.8) is 0 Å². The van der Waals surface area contributed by atoms with Crippen LogP contribution in [0.4, 0.5) is 11.4 Å². The second-order valence-corrected chi connectivity index (χ2v) is 9.73. The monoisotopic (exact) mass is 425 g/mol. The van der Waals surface area contributed by atoms with E-state index in [0.29, 0.717) is 10.9 Å². The summed E-state index contributed by atoms with van der Waals surface area (Å²) in [5.74, 6) is 0.943. The molecule has 27 heavy (non-hydrogen) atoms. The van der Waals surface area contributed by atoms with E-state index in [1.807, 2.05) is 32.3 Å². The van der Waals surface area contributed by atoms with Crippen LogP contribution in [0.2, 0.25) is 0 Å². The molecule has 5 nitrogen and oxygen atoms in total. The molecule has 0 N–H and O–H groups in total. The van der Waals surface area contributed by atoms with Gasteiger partial charge >= 0.3 is 5.97 Å². The highest BCUT2D eigenvalue weighted by atomic mass is 32.2. The smallest absolute Gasteiger partial charge is 0.316 e. The minimum absolute atomic E-state index is 0.110. The Morgan fingerprint density at radius 1 is 1.41 bits per heavy atom. The number of hydrogen-bond acceptors (Lipinski definition) is 7. The molecule has 2 rings (SSSR count). The maximum absolute atomic E-state index is 11.7. The summed E-state index contributed by atoms with van der Waals surface area (Å²) in [6.45, 7) is 7.40. The number of para-hydroxylation sites is 2. The highest BCUT2D eigenvalue weighted by Gasteiger charge is 2.33. The van der Waals surface area contributed by atoms with E-state index in [-0.39, 0.29) is 17.1 Å². The van der Waals surface area contributed by atoms with E-state index < -0.39 is 0 Å². The summed E-state index contributed by atoms with van der Waals surface area (Å²) >= 11 is 8.67. The predicted octanol–water partition coefficient (Wildman–Crippen LogP) is 4.40. The Hall–Kier alpha value is -1.25. The third-order valence-electron chi connectivity index (χ3n) is 3.83. The van der Waals surface area contributed by atoms with Gasteiger partial charge in [-0.25, -0.2) is 4.99 Å². The van der Waals surface area contributed by atoms with Crippen LogP contribution >= 0.6 is 35.7 Å². The Bertz CT molecular complexity index is 720. The van der Waals surface area contributed by atoms with Crippen LogP contribution in [0.15, 0.2) is 29.3 Å². The van der Waals surface area contributed by atoms with Crippen molar-refractivity contribution in [3.8, 4) is 0 Å². The van der Waals surface area contributed by atoms with Crippen molar-refractivity contribution < 1.29 is 9.53 Å². The zero-order chi connectivity index (χ0) is 20.0. The molecule has 0 aromatic heterocycles. The SMILES string of the molecule is CCOC(=O)CSC(=S)N1CC(C)(C)CSC1=Nc1ccccc1N(C)C. The number of carbonyl (C=O) groups excluding carboxylic acids is 1. The van der Waals surface area contributed by atoms with Crippen LogP contribution < -0.4 is 4.90 Å². The molecule has 0 radical (unpaired) electrons. The van der Waals surface area contributed by atoms with Gasteiger partial charge < -0.3 is 14.5 Å². The number of carbonyl (C=O) groups is 1. The Morgan fingerprint density at radius 2 is 2.11 bits per heavy atom. The average Bonchev–Trinajstić information content (AvgIpc) is 2.61. The van der Waals surface area contributed by atoms with Gasteiger partial charge in [0, 0.05) is 26.4 Å². The molecule has 0 unspecified atom stereocenters. The van der Waals surface area contributed by atoms with Gasteiger partial charge in [0.15, 0.2) is 5.17 Å². The lowest BCUT2D eigenvalue weighted by Gasteiger charge is -2.39. The summed E-state index contributed by atoms with van der Waals surface area (Å²) in [6, 6.07) is 8.06. The molecule has 1 heterocycles. The minimum Gasteiger partial charge on any atom is -0.465 e. The number of nitrogens with zero attached hydrogens (tertiary/aromatic N) is 3. The zero-order valence-electron chi connectivity index (χ0n) is 16.5. The fraction of sp³-hybridized carbons (Fsp3) is 0.526. The number of ether oxygens (including phenoxy) is 1. The van der Waals surface area contributed by atoms with E-state index in [9.17, 15) is 4.79 Å². The molecule has 1 aromatic rings. The summed E-state index contributed by atoms with van der Waals surface area (Å²) in [5.41, 5.74) is 2.08. The quantitative estimate of drug-likeness (QED) is 0.512. The lowest BCUT2D eigenvalue weighted by Crippen LogP contribution is -2.45. The molecule has 1 aromatic carbocycles. The van der Waals surface area contributed by atoms with Gasteiger partial charge in [-0.1, -0.05) is 61.7 Å². The number of anilines is 1. The number of esters is 1. The van der Waals surface area contributed by atoms with Gasteiger partial charge in [0.25, 0.3) is 0 Å². The first-order chi connectivity index (χ1) is 12.7. The van der Waals surface area contributed by atoms with E-state index in [2.05, 4.69) is 29.7 Å². The van der Waals surface area contributed by atoms with E-state index in [1.54, 1.807) is 18.7 Å². The molecule has 0 saturated carbocycles. The molecule has 0 spiro atoms. The average molecular weight is 426 g/mol. The van der Waals surface area contributed by atoms with Gasteiger partial charge in [0.2, 0.25) is 0 Å². The Balaban J connectivity index is 2.25. The molecule has 1 aliphatic rings. The van der Waals surface area contributed by atoms with E-state index >= 15 is 0 Å². The molecule has 1 saturated heterocycles. The lowest BCUT2D eigenvalue weighted by molar-refractivity contribution is -0.139. The number of thiocarbonyl (C=S) groups is 1. The third kappa shape index (κ3) is 6.40. The molecular weight excluding hydrogens is 398 g/mol. The number of aliphatic imine (C=N–C) groups is 1. The molecular formula is C19H27N3O2S3. The van der Waals surface area contributed by atoms with Crippen molar-refractivity contribution in [1.29, 1.82) is 0 Å². The van der Waals surface area contributed by atoms with Gasteiger partial charge in [0.1, 0.15) is 4.32 Å². The first-order valence-electron chi connectivity index (χ1n) is 8.81. The standard InChI is InChI=1S/C19H27N3O2S3/c1-6-24-16(23)11-26-18(25)22-12-19(2,3)13-27-17(22)20-14-9-7-8-10-15(14)21(4)5/h7-10H,6,11-13H2,1-5H3. The van der Waals surface area contributed by atoms with Crippen LogP contribution in [-0.4, -0.2) is 59.1 Å². The van der Waals surface area contributed by atoms with Gasteiger partial charge in [-0.15, -0.1) is 0 Å². The van der Waals surface area contributed by atoms with Crippen molar-refractivity contribution in [2.24, 2.45) is 10.4 Å². The van der Waals surface area contributed by atoms with Crippen LogP contribution in [0.25, 0.3) is 0 Å². The predicted molar refractivity (Wildman–Crippen MR) is 122 cm³/mol. The summed E-state index contributed by atoms with van der Waals surface area (Å²) in [5, 5.41) is 0.880. The second kappa shape index (κ2) is 9.80. The van der Waals surface area contributed by atoms with E-state index in [1.165, 1.54) is 11.8 Å². The normalized spacial score (nSPS) is 17.7. The topological polar surface area (TPSA) is 45.1 Å². The highest BCUT2D eigenvalue weighted by molar-refractivity contribution is 8.23.